The molecule has 142 valence electrons. The molecule has 3 rings (SSSR count). The maximum atomic E-state index is 12.5. The van der Waals surface area contributed by atoms with E-state index in [0.717, 1.165) is 11.4 Å². The smallest absolute Gasteiger partial charge is 0.310 e. The molecule has 0 saturated carbocycles. The number of hydrogen-bond acceptors (Lipinski definition) is 8. The highest BCUT2D eigenvalue weighted by Gasteiger charge is 2.35. The maximum Gasteiger partial charge on any atom is 0.310 e. The molecule has 1 unspecified atom stereocenters. The molecule has 0 aromatic heterocycles. The van der Waals surface area contributed by atoms with Gasteiger partial charge in [-0.2, -0.15) is 5.26 Å². The number of Topliss-reactive ketones (excluding diaryl/α,β-unsaturated/α-hetero) is 1. The fourth-order valence-corrected chi connectivity index (χ4v) is 5.09. The summed E-state index contributed by atoms with van der Waals surface area (Å²) in [4.78, 5) is 28.0. The van der Waals surface area contributed by atoms with Gasteiger partial charge in [0, 0.05) is 14.1 Å². The van der Waals surface area contributed by atoms with Gasteiger partial charge in [-0.1, -0.05) is 12.1 Å². The number of hydrogen-bond donors (Lipinski definition) is 0. The molecular weight excluding hydrogens is 370 g/mol. The van der Waals surface area contributed by atoms with Crippen molar-refractivity contribution in [2.24, 2.45) is 5.92 Å². The van der Waals surface area contributed by atoms with E-state index < -0.39 is 34.1 Å². The van der Waals surface area contributed by atoms with E-state index >= 15 is 0 Å². The first-order valence-electron chi connectivity index (χ1n) is 8.36. The number of carbonyl (C=O) groups is 2. The summed E-state index contributed by atoms with van der Waals surface area (Å²) >= 11 is 0. The number of ether oxygens (including phenoxy) is 1. The summed E-state index contributed by atoms with van der Waals surface area (Å²) in [5.74, 6) is -2.00. The second-order valence-electron chi connectivity index (χ2n) is 6.55. The molecule has 0 N–H and O–H groups in total. The molecule has 2 heterocycles. The highest BCUT2D eigenvalue weighted by molar-refractivity contribution is 7.91. The lowest BCUT2D eigenvalue weighted by molar-refractivity contribution is -0.150. The number of benzene rings is 1. The fourth-order valence-electron chi connectivity index (χ4n) is 3.36. The van der Waals surface area contributed by atoms with Crippen LogP contribution in [-0.2, 0) is 24.2 Å². The van der Waals surface area contributed by atoms with Gasteiger partial charge in [0.05, 0.1) is 28.8 Å². The number of carbonyl (C=O) groups excluding carboxylic acids is 2. The van der Waals surface area contributed by atoms with Crippen molar-refractivity contribution in [2.45, 2.75) is 6.42 Å². The Morgan fingerprint density at radius 2 is 1.81 bits per heavy atom. The SMILES string of the molecule is CN1C(=C(C#N)C(=O)COC(=O)C2CCS(=O)(=O)C2)N(C)c2ccccc21. The van der Waals surface area contributed by atoms with Gasteiger partial charge in [0.2, 0.25) is 5.78 Å². The summed E-state index contributed by atoms with van der Waals surface area (Å²) in [6.45, 7) is -0.597. The van der Waals surface area contributed by atoms with Crippen molar-refractivity contribution in [2.75, 3.05) is 42.0 Å². The fraction of sp³-hybridized carbons (Fsp3) is 0.389. The average molecular weight is 389 g/mol. The lowest BCUT2D eigenvalue weighted by Gasteiger charge is -2.20. The number of ketones is 1. The minimum absolute atomic E-state index is 0.0535. The molecule has 27 heavy (non-hydrogen) atoms. The quantitative estimate of drug-likeness (QED) is 0.424. The topological polar surface area (TPSA) is 108 Å². The summed E-state index contributed by atoms with van der Waals surface area (Å²) in [5, 5.41) is 9.51. The number of nitrogens with zero attached hydrogens (tertiary/aromatic N) is 3. The highest BCUT2D eigenvalue weighted by atomic mass is 32.2. The molecule has 0 spiro atoms. The lowest BCUT2D eigenvalue weighted by atomic mass is 10.1. The van der Waals surface area contributed by atoms with Crippen molar-refractivity contribution in [3.05, 3.63) is 35.7 Å². The van der Waals surface area contributed by atoms with Gasteiger partial charge < -0.3 is 14.5 Å². The molecule has 1 fully saturated rings. The van der Waals surface area contributed by atoms with Crippen molar-refractivity contribution < 1.29 is 22.7 Å². The average Bonchev–Trinajstić information content (AvgIpc) is 3.13. The highest BCUT2D eigenvalue weighted by Crippen LogP contribution is 2.40. The molecule has 0 radical (unpaired) electrons. The zero-order valence-corrected chi connectivity index (χ0v) is 15.8. The molecule has 1 atom stereocenters. The van der Waals surface area contributed by atoms with Gasteiger partial charge in [0.1, 0.15) is 17.5 Å². The largest absolute Gasteiger partial charge is 0.457 e. The molecule has 2 aliphatic heterocycles. The number of nitriles is 1. The Labute approximate surface area is 157 Å². The normalized spacial score (nSPS) is 20.2. The molecule has 1 aromatic rings. The van der Waals surface area contributed by atoms with Crippen LogP contribution in [0.15, 0.2) is 35.7 Å². The van der Waals surface area contributed by atoms with E-state index in [1.807, 2.05) is 30.3 Å². The lowest BCUT2D eigenvalue weighted by Crippen LogP contribution is -2.28. The van der Waals surface area contributed by atoms with E-state index in [0.29, 0.717) is 5.82 Å². The molecule has 0 amide bonds. The number of esters is 1. The van der Waals surface area contributed by atoms with Gasteiger partial charge in [-0.15, -0.1) is 0 Å². The summed E-state index contributed by atoms with van der Waals surface area (Å²) in [6, 6.07) is 9.37. The molecule has 1 aromatic carbocycles. The van der Waals surface area contributed by atoms with E-state index in [1.165, 1.54) is 0 Å². The van der Waals surface area contributed by atoms with Gasteiger partial charge in [0.25, 0.3) is 0 Å². The number of fused-ring (bicyclic) bond motifs is 1. The zero-order valence-electron chi connectivity index (χ0n) is 15.0. The standard InChI is InChI=1S/C18H19N3O5S/c1-20-14-5-3-4-6-15(14)21(2)17(20)13(9-19)16(22)10-26-18(23)12-7-8-27(24,25)11-12/h3-6,12H,7-8,10-11H2,1-2H3. The third-order valence-corrected chi connectivity index (χ3v) is 6.53. The Kier molecular flexibility index (Phi) is 4.93. The van der Waals surface area contributed by atoms with E-state index in [2.05, 4.69) is 0 Å². The Morgan fingerprint density at radius 1 is 1.22 bits per heavy atom. The van der Waals surface area contributed by atoms with Crippen LogP contribution < -0.4 is 9.80 Å². The van der Waals surface area contributed by atoms with Crippen molar-refractivity contribution in [3.8, 4) is 6.07 Å². The van der Waals surface area contributed by atoms with Crippen LogP contribution in [0.4, 0.5) is 11.4 Å². The van der Waals surface area contributed by atoms with E-state index in [1.54, 1.807) is 23.9 Å². The van der Waals surface area contributed by atoms with Crippen LogP contribution in [0.5, 0.6) is 0 Å². The molecule has 0 bridgehead atoms. The first-order valence-corrected chi connectivity index (χ1v) is 10.2. The Morgan fingerprint density at radius 3 is 2.30 bits per heavy atom. The number of para-hydroxylation sites is 2. The van der Waals surface area contributed by atoms with Crippen LogP contribution in [0.3, 0.4) is 0 Å². The molecule has 0 aliphatic carbocycles. The Balaban J connectivity index is 1.75. The predicted molar refractivity (Wildman–Crippen MR) is 98.6 cm³/mol. The van der Waals surface area contributed by atoms with Crippen LogP contribution in [0, 0.1) is 17.2 Å². The summed E-state index contributed by atoms with van der Waals surface area (Å²) in [6.07, 6.45) is 0.197. The molecule has 2 aliphatic rings. The van der Waals surface area contributed by atoms with Crippen LogP contribution in [0.1, 0.15) is 6.42 Å². The molecule has 1 saturated heterocycles. The van der Waals surface area contributed by atoms with Crippen LogP contribution in [0.25, 0.3) is 0 Å². The van der Waals surface area contributed by atoms with Crippen molar-refractivity contribution >= 4 is 33.0 Å². The van der Waals surface area contributed by atoms with E-state index in [-0.39, 0.29) is 23.5 Å². The second kappa shape index (κ2) is 7.04. The third-order valence-electron chi connectivity index (χ3n) is 4.77. The predicted octanol–water partition coefficient (Wildman–Crippen LogP) is 0.855. The summed E-state index contributed by atoms with van der Waals surface area (Å²) in [5.41, 5.74) is 1.58. The van der Waals surface area contributed by atoms with Gasteiger partial charge in [-0.05, 0) is 18.6 Å². The van der Waals surface area contributed by atoms with Crippen LogP contribution in [-0.4, -0.2) is 52.4 Å². The Bertz CT molecular complexity index is 946. The van der Waals surface area contributed by atoms with Gasteiger partial charge >= 0.3 is 5.97 Å². The van der Waals surface area contributed by atoms with Gasteiger partial charge in [-0.3, -0.25) is 9.59 Å². The van der Waals surface area contributed by atoms with E-state index in [9.17, 15) is 23.3 Å². The first kappa shape index (κ1) is 18.9. The van der Waals surface area contributed by atoms with Crippen LogP contribution in [0.2, 0.25) is 0 Å². The zero-order chi connectivity index (χ0) is 19.8. The third kappa shape index (κ3) is 3.53. The van der Waals surface area contributed by atoms with Crippen molar-refractivity contribution in [1.29, 1.82) is 5.26 Å². The minimum atomic E-state index is -3.22. The molecule has 8 nitrogen and oxygen atoms in total. The Hall–Kier alpha value is -2.86. The van der Waals surface area contributed by atoms with Crippen LogP contribution >= 0.6 is 0 Å². The summed E-state index contributed by atoms with van der Waals surface area (Å²) < 4.78 is 27.9. The second-order valence-corrected chi connectivity index (χ2v) is 8.78. The number of rotatable bonds is 4. The molecule has 9 heteroatoms. The minimum Gasteiger partial charge on any atom is -0.457 e. The van der Waals surface area contributed by atoms with Gasteiger partial charge in [0.15, 0.2) is 16.4 Å². The van der Waals surface area contributed by atoms with Crippen molar-refractivity contribution in [3.63, 3.8) is 0 Å². The number of anilines is 2. The van der Waals surface area contributed by atoms with Crippen molar-refractivity contribution in [1.82, 2.24) is 0 Å². The van der Waals surface area contributed by atoms with Gasteiger partial charge in [-0.25, -0.2) is 8.42 Å². The molecular formula is C18H19N3O5S. The first-order chi connectivity index (χ1) is 12.7. The maximum absolute atomic E-state index is 12.5. The van der Waals surface area contributed by atoms with E-state index in [4.69, 9.17) is 4.74 Å². The number of sulfone groups is 1. The monoisotopic (exact) mass is 389 g/mol. The summed E-state index contributed by atoms with van der Waals surface area (Å²) in [7, 11) is 0.276.